The third-order valence-corrected chi connectivity index (χ3v) is 3.85. The topological polar surface area (TPSA) is 62.5 Å². The second-order valence-corrected chi connectivity index (χ2v) is 5.30. The van der Waals surface area contributed by atoms with E-state index in [9.17, 15) is 15.0 Å². The molecule has 0 amide bonds. The number of thioether (sulfide) groups is 1. The number of phenols is 1. The van der Waals surface area contributed by atoms with Gasteiger partial charge in [-0.2, -0.15) is 11.8 Å². The van der Waals surface area contributed by atoms with Gasteiger partial charge in [0.1, 0.15) is 5.75 Å². The molecule has 0 saturated heterocycles. The SMILES string of the molecule is CCSCc1c(C(=O)O)c2cc(O)ccc2n1C. The highest BCUT2D eigenvalue weighted by atomic mass is 32.2. The van der Waals surface area contributed by atoms with Crippen LogP contribution in [0.5, 0.6) is 5.75 Å². The Morgan fingerprint density at radius 1 is 1.44 bits per heavy atom. The molecule has 18 heavy (non-hydrogen) atoms. The number of hydrogen-bond acceptors (Lipinski definition) is 3. The smallest absolute Gasteiger partial charge is 0.338 e. The molecule has 2 rings (SSSR count). The van der Waals surface area contributed by atoms with E-state index < -0.39 is 5.97 Å². The number of nitrogens with zero attached hydrogens (tertiary/aromatic N) is 1. The van der Waals surface area contributed by atoms with Crippen molar-refractivity contribution in [3.63, 3.8) is 0 Å². The lowest BCUT2D eigenvalue weighted by Crippen LogP contribution is -2.03. The van der Waals surface area contributed by atoms with Crippen LogP contribution < -0.4 is 0 Å². The molecule has 1 aromatic carbocycles. The number of rotatable bonds is 4. The first-order chi connectivity index (χ1) is 8.56. The van der Waals surface area contributed by atoms with E-state index in [0.717, 1.165) is 17.0 Å². The van der Waals surface area contributed by atoms with Gasteiger partial charge in [0.2, 0.25) is 0 Å². The van der Waals surface area contributed by atoms with Crippen molar-refractivity contribution in [3.05, 3.63) is 29.5 Å². The maximum absolute atomic E-state index is 11.4. The zero-order valence-corrected chi connectivity index (χ0v) is 11.1. The van der Waals surface area contributed by atoms with Crippen LogP contribution in [0.3, 0.4) is 0 Å². The summed E-state index contributed by atoms with van der Waals surface area (Å²) in [5, 5.41) is 19.5. The van der Waals surface area contributed by atoms with Gasteiger partial charge in [-0.25, -0.2) is 4.79 Å². The van der Waals surface area contributed by atoms with Crippen LogP contribution in [0.4, 0.5) is 0 Å². The van der Waals surface area contributed by atoms with E-state index in [2.05, 4.69) is 0 Å². The molecule has 0 aliphatic heterocycles. The van der Waals surface area contributed by atoms with Gasteiger partial charge in [-0.3, -0.25) is 0 Å². The van der Waals surface area contributed by atoms with E-state index in [4.69, 9.17) is 0 Å². The highest BCUT2D eigenvalue weighted by Crippen LogP contribution is 2.30. The highest BCUT2D eigenvalue weighted by molar-refractivity contribution is 7.98. The number of fused-ring (bicyclic) bond motifs is 1. The molecule has 0 saturated carbocycles. The molecule has 96 valence electrons. The Labute approximate surface area is 109 Å². The van der Waals surface area contributed by atoms with Crippen LogP contribution in [0, 0.1) is 0 Å². The Bertz CT molecular complexity index is 604. The minimum absolute atomic E-state index is 0.0882. The monoisotopic (exact) mass is 265 g/mol. The van der Waals surface area contributed by atoms with Crippen LogP contribution in [0.2, 0.25) is 0 Å². The second-order valence-electron chi connectivity index (χ2n) is 4.02. The van der Waals surface area contributed by atoms with Gasteiger partial charge in [0.25, 0.3) is 0 Å². The lowest BCUT2D eigenvalue weighted by Gasteiger charge is -2.04. The van der Waals surface area contributed by atoms with Gasteiger partial charge in [0.05, 0.1) is 5.56 Å². The minimum atomic E-state index is -0.946. The van der Waals surface area contributed by atoms with Crippen molar-refractivity contribution in [2.75, 3.05) is 5.75 Å². The number of carbonyl (C=O) groups is 1. The number of carboxylic acid groups (broad SMARTS) is 1. The fourth-order valence-electron chi connectivity index (χ4n) is 2.09. The van der Waals surface area contributed by atoms with E-state index in [1.165, 1.54) is 6.07 Å². The summed E-state index contributed by atoms with van der Waals surface area (Å²) in [6.07, 6.45) is 0. The molecule has 0 unspecified atom stereocenters. The number of aryl methyl sites for hydroxylation is 1. The van der Waals surface area contributed by atoms with Gasteiger partial charge in [-0.05, 0) is 24.0 Å². The first-order valence-electron chi connectivity index (χ1n) is 5.67. The van der Waals surface area contributed by atoms with Crippen molar-refractivity contribution in [3.8, 4) is 5.75 Å². The molecule has 0 fully saturated rings. The van der Waals surface area contributed by atoms with Crippen molar-refractivity contribution >= 4 is 28.6 Å². The summed E-state index contributed by atoms with van der Waals surface area (Å²) in [5.41, 5.74) is 1.91. The molecular formula is C13H15NO3S. The van der Waals surface area contributed by atoms with Crippen LogP contribution in [-0.2, 0) is 12.8 Å². The van der Waals surface area contributed by atoms with Crippen molar-refractivity contribution < 1.29 is 15.0 Å². The number of aromatic nitrogens is 1. The van der Waals surface area contributed by atoms with Gasteiger partial charge in [0, 0.05) is 29.4 Å². The standard InChI is InChI=1S/C13H15NO3S/c1-3-18-7-11-12(13(16)17)9-6-8(15)4-5-10(9)14(11)2/h4-6,15H,3,7H2,1-2H3,(H,16,17). The van der Waals surface area contributed by atoms with Crippen LogP contribution in [0.1, 0.15) is 23.0 Å². The summed E-state index contributed by atoms with van der Waals surface area (Å²) in [7, 11) is 1.86. The Morgan fingerprint density at radius 3 is 2.78 bits per heavy atom. The molecule has 0 spiro atoms. The molecule has 0 radical (unpaired) electrons. The Hall–Kier alpha value is -1.62. The molecule has 0 bridgehead atoms. The first-order valence-corrected chi connectivity index (χ1v) is 6.83. The Balaban J connectivity index is 2.71. The van der Waals surface area contributed by atoms with Gasteiger partial charge in [-0.15, -0.1) is 0 Å². The molecular weight excluding hydrogens is 250 g/mol. The Kier molecular flexibility index (Phi) is 3.52. The molecule has 1 heterocycles. The zero-order valence-electron chi connectivity index (χ0n) is 10.3. The fraction of sp³-hybridized carbons (Fsp3) is 0.308. The summed E-state index contributed by atoms with van der Waals surface area (Å²) < 4.78 is 1.89. The van der Waals surface area contributed by atoms with E-state index >= 15 is 0 Å². The molecule has 2 N–H and O–H groups in total. The molecule has 0 atom stereocenters. The average molecular weight is 265 g/mol. The Morgan fingerprint density at radius 2 is 2.17 bits per heavy atom. The van der Waals surface area contributed by atoms with Gasteiger partial charge in [-0.1, -0.05) is 6.92 Å². The molecule has 5 heteroatoms. The quantitative estimate of drug-likeness (QED) is 0.892. The maximum atomic E-state index is 11.4. The third-order valence-electron chi connectivity index (χ3n) is 2.96. The van der Waals surface area contributed by atoms with Crippen LogP contribution >= 0.6 is 11.8 Å². The molecule has 1 aromatic heterocycles. The number of carboxylic acids is 1. The zero-order chi connectivity index (χ0) is 13.3. The number of aromatic carboxylic acids is 1. The first kappa shape index (κ1) is 12.8. The minimum Gasteiger partial charge on any atom is -0.508 e. The fourth-order valence-corrected chi connectivity index (χ4v) is 2.83. The number of aromatic hydroxyl groups is 1. The van der Waals surface area contributed by atoms with Gasteiger partial charge in [0.15, 0.2) is 0 Å². The largest absolute Gasteiger partial charge is 0.508 e. The van der Waals surface area contributed by atoms with E-state index in [1.807, 2.05) is 18.5 Å². The molecule has 2 aromatic rings. The molecule has 4 nitrogen and oxygen atoms in total. The average Bonchev–Trinajstić information content (AvgIpc) is 2.59. The number of hydrogen-bond donors (Lipinski definition) is 2. The predicted octanol–water partition coefficient (Wildman–Crippen LogP) is 2.84. The summed E-state index contributed by atoms with van der Waals surface area (Å²) in [6.45, 7) is 2.04. The van der Waals surface area contributed by atoms with Crippen molar-refractivity contribution in [1.82, 2.24) is 4.57 Å². The predicted molar refractivity (Wildman–Crippen MR) is 73.4 cm³/mol. The van der Waals surface area contributed by atoms with Gasteiger partial charge >= 0.3 is 5.97 Å². The normalized spacial score (nSPS) is 11.0. The molecule has 0 aliphatic rings. The van der Waals surface area contributed by atoms with E-state index in [1.54, 1.807) is 23.9 Å². The van der Waals surface area contributed by atoms with Crippen molar-refractivity contribution in [1.29, 1.82) is 0 Å². The summed E-state index contributed by atoms with van der Waals surface area (Å²) in [5.74, 6) is 0.735. The second kappa shape index (κ2) is 4.94. The summed E-state index contributed by atoms with van der Waals surface area (Å²) >= 11 is 1.68. The van der Waals surface area contributed by atoms with E-state index in [-0.39, 0.29) is 5.75 Å². The van der Waals surface area contributed by atoms with Crippen molar-refractivity contribution in [2.45, 2.75) is 12.7 Å². The van der Waals surface area contributed by atoms with Crippen LogP contribution in [0.15, 0.2) is 18.2 Å². The van der Waals surface area contributed by atoms with Crippen LogP contribution in [0.25, 0.3) is 10.9 Å². The third kappa shape index (κ3) is 2.06. The van der Waals surface area contributed by atoms with Gasteiger partial charge < -0.3 is 14.8 Å². The van der Waals surface area contributed by atoms with Crippen LogP contribution in [-0.4, -0.2) is 26.5 Å². The maximum Gasteiger partial charge on any atom is 0.338 e. The number of benzene rings is 1. The lowest BCUT2D eigenvalue weighted by atomic mass is 10.1. The molecule has 0 aliphatic carbocycles. The highest BCUT2D eigenvalue weighted by Gasteiger charge is 2.20. The number of phenolic OH excluding ortho intramolecular Hbond substituents is 1. The summed E-state index contributed by atoms with van der Waals surface area (Å²) in [6, 6.07) is 4.83. The van der Waals surface area contributed by atoms with Crippen molar-refractivity contribution in [2.24, 2.45) is 7.05 Å². The lowest BCUT2D eigenvalue weighted by molar-refractivity contribution is 0.0698. The van der Waals surface area contributed by atoms with E-state index in [0.29, 0.717) is 16.7 Å². The summed E-state index contributed by atoms with van der Waals surface area (Å²) in [4.78, 5) is 11.4.